The molecule has 0 fully saturated rings. The van der Waals surface area contributed by atoms with Crippen LogP contribution in [-0.2, 0) is 6.54 Å². The van der Waals surface area contributed by atoms with Gasteiger partial charge in [-0.25, -0.2) is 14.3 Å². The Balaban J connectivity index is 1.32. The normalized spacial score (nSPS) is 12.0. The summed E-state index contributed by atoms with van der Waals surface area (Å²) in [7, 11) is 0. The van der Waals surface area contributed by atoms with Crippen LogP contribution in [0.4, 0.5) is 11.5 Å². The van der Waals surface area contributed by atoms with E-state index in [2.05, 4.69) is 26.2 Å². The van der Waals surface area contributed by atoms with Gasteiger partial charge in [0.25, 0.3) is 16.7 Å². The first-order valence-corrected chi connectivity index (χ1v) is 13.3. The number of hydrogen-bond donors (Lipinski definition) is 6. The summed E-state index contributed by atoms with van der Waals surface area (Å²) < 4.78 is 1.22. The molecule has 2 aromatic carbocycles. The van der Waals surface area contributed by atoms with Crippen molar-refractivity contribution in [1.29, 1.82) is 0 Å². The maximum absolute atomic E-state index is 13.3. The Morgan fingerprint density at radius 1 is 0.795 bits per heavy atom. The molecule has 0 bridgehead atoms. The molecule has 220 valence electrons. The number of hydrogen-bond acceptors (Lipinski definition) is 7. The maximum atomic E-state index is 13.3. The molecule has 0 saturated heterocycles. The van der Waals surface area contributed by atoms with Gasteiger partial charge in [-0.15, -0.1) is 5.73 Å². The van der Waals surface area contributed by atoms with Gasteiger partial charge in [-0.1, -0.05) is 0 Å². The number of benzene rings is 2. The zero-order valence-electron chi connectivity index (χ0n) is 23.3. The van der Waals surface area contributed by atoms with E-state index in [4.69, 9.17) is 10.2 Å². The number of carboxylic acids is 2. The smallest absolute Gasteiger partial charge is 0.335 e. The fourth-order valence-corrected chi connectivity index (χ4v) is 5.19. The van der Waals surface area contributed by atoms with Crippen LogP contribution in [0, 0.1) is 13.8 Å². The summed E-state index contributed by atoms with van der Waals surface area (Å²) in [4.78, 5) is 67.0. The number of aromatic amines is 3. The highest BCUT2D eigenvalue weighted by Crippen LogP contribution is 2.30. The molecule has 3 aromatic heterocycles. The topological polar surface area (TPSA) is 193 Å². The van der Waals surface area contributed by atoms with Crippen molar-refractivity contribution in [1.82, 2.24) is 19.7 Å². The van der Waals surface area contributed by atoms with Crippen LogP contribution < -0.4 is 27.1 Å². The first-order chi connectivity index (χ1) is 21.0. The lowest BCUT2D eigenvalue weighted by molar-refractivity contribution is 0.0686. The molecule has 0 aliphatic carbocycles. The third-order valence-corrected chi connectivity index (χ3v) is 7.61. The second-order valence-electron chi connectivity index (χ2n) is 10.2. The van der Waals surface area contributed by atoms with Gasteiger partial charge in [0.05, 0.1) is 45.6 Å². The summed E-state index contributed by atoms with van der Waals surface area (Å²) >= 11 is 0. The van der Waals surface area contributed by atoms with Crippen molar-refractivity contribution in [2.24, 2.45) is 0 Å². The molecule has 5 aromatic rings. The average Bonchev–Trinajstić information content (AvgIpc) is 3.57. The summed E-state index contributed by atoms with van der Waals surface area (Å²) in [5.41, 5.74) is 8.78. The number of anilines is 2. The number of aryl methyl sites for hydroxylation is 1. The van der Waals surface area contributed by atoms with Gasteiger partial charge in [0.15, 0.2) is 0 Å². The first kappa shape index (κ1) is 27.8. The quantitative estimate of drug-likeness (QED) is 0.160. The van der Waals surface area contributed by atoms with E-state index in [-0.39, 0.29) is 33.3 Å². The molecule has 0 atom stereocenters. The molecule has 13 heteroatoms. The van der Waals surface area contributed by atoms with Crippen LogP contribution in [0.5, 0.6) is 0 Å². The van der Waals surface area contributed by atoms with Crippen molar-refractivity contribution in [3.05, 3.63) is 124 Å². The molecule has 0 radical (unpaired) electrons. The Bertz CT molecular complexity index is 2250. The fraction of sp³-hybridized carbons (Fsp3) is 0.0968. The van der Waals surface area contributed by atoms with E-state index in [1.165, 1.54) is 53.2 Å². The number of nitrogens with zero attached hydrogens (tertiary/aromatic N) is 2. The minimum Gasteiger partial charge on any atom is -0.478 e. The van der Waals surface area contributed by atoms with Crippen LogP contribution in [0.3, 0.4) is 0 Å². The number of hydrazine groups is 1. The highest BCUT2D eigenvalue weighted by Gasteiger charge is 2.24. The number of carbonyl (C=O) groups is 2. The summed E-state index contributed by atoms with van der Waals surface area (Å²) in [6.45, 7) is 3.84. The van der Waals surface area contributed by atoms with Crippen LogP contribution >= 0.6 is 0 Å². The molecule has 4 heterocycles. The molecule has 1 aliphatic rings. The summed E-state index contributed by atoms with van der Waals surface area (Å²) in [5, 5.41) is 23.2. The number of carboxylic acid groups (broad SMARTS) is 2. The molecule has 6 N–H and O–H groups in total. The highest BCUT2D eigenvalue weighted by atomic mass is 16.4. The minimum absolute atomic E-state index is 0.0695. The lowest BCUT2D eigenvalue weighted by atomic mass is 10.0. The summed E-state index contributed by atoms with van der Waals surface area (Å²) in [6, 6.07) is 12.1. The Hall–Kier alpha value is -6.33. The van der Waals surface area contributed by atoms with Gasteiger partial charge in [-0.05, 0) is 85.7 Å². The van der Waals surface area contributed by atoms with Gasteiger partial charge < -0.3 is 20.2 Å². The van der Waals surface area contributed by atoms with Crippen LogP contribution in [0.15, 0.2) is 68.6 Å². The second kappa shape index (κ2) is 10.5. The van der Waals surface area contributed by atoms with Crippen molar-refractivity contribution in [2.45, 2.75) is 20.4 Å². The van der Waals surface area contributed by atoms with Gasteiger partial charge in [0.2, 0.25) is 0 Å². The standard InChI is InChI=1S/C31H24N6O7/c1-15-21(27(38)32-25-23(15)14-36(34-25)19-10-6-17(7-11-19)30(41)42)4-3-5-22-16(2)24-26(33-28(22)39)35-37(29(24)40)20-12-8-18(9-13-20)31(43)44/h4-13H,14H2,1-2H3,(H,41,42)(H,43,44)(H2,32,34,38)(H2,33,35,39). The van der Waals surface area contributed by atoms with Crippen LogP contribution in [0.2, 0.25) is 0 Å². The molecule has 6 rings (SSSR count). The van der Waals surface area contributed by atoms with Crippen molar-refractivity contribution < 1.29 is 19.8 Å². The van der Waals surface area contributed by atoms with E-state index < -0.39 is 23.1 Å². The van der Waals surface area contributed by atoms with Crippen LogP contribution in [0.25, 0.3) is 28.9 Å². The fourth-order valence-electron chi connectivity index (χ4n) is 5.19. The number of fused-ring (bicyclic) bond motifs is 2. The highest BCUT2D eigenvalue weighted by molar-refractivity contribution is 5.88. The zero-order valence-corrected chi connectivity index (χ0v) is 23.3. The zero-order chi connectivity index (χ0) is 31.3. The Kier molecular flexibility index (Phi) is 6.64. The van der Waals surface area contributed by atoms with Gasteiger partial charge in [-0.3, -0.25) is 29.9 Å². The molecule has 1 aliphatic heterocycles. The van der Waals surface area contributed by atoms with Gasteiger partial charge in [-0.2, -0.15) is 0 Å². The molecule has 13 nitrogen and oxygen atoms in total. The predicted octanol–water partition coefficient (Wildman–Crippen LogP) is 3.38. The Morgan fingerprint density at radius 3 is 1.93 bits per heavy atom. The molecule has 0 amide bonds. The number of rotatable bonds is 6. The second-order valence-corrected chi connectivity index (χ2v) is 10.2. The maximum Gasteiger partial charge on any atom is 0.335 e. The van der Waals surface area contributed by atoms with E-state index in [0.29, 0.717) is 34.7 Å². The lowest BCUT2D eigenvalue weighted by Crippen LogP contribution is -2.23. The number of H-pyrrole nitrogens is 3. The number of pyridine rings is 2. The largest absolute Gasteiger partial charge is 0.478 e. The van der Waals surface area contributed by atoms with Crippen LogP contribution in [-0.4, -0.2) is 41.9 Å². The van der Waals surface area contributed by atoms with Crippen molar-refractivity contribution in [3.8, 4) is 5.69 Å². The Labute approximate surface area is 247 Å². The number of aromatic nitrogens is 4. The first-order valence-electron chi connectivity index (χ1n) is 13.3. The van der Waals surface area contributed by atoms with Crippen molar-refractivity contribution in [3.63, 3.8) is 0 Å². The van der Waals surface area contributed by atoms with E-state index >= 15 is 0 Å². The number of aromatic carboxylic acids is 2. The predicted molar refractivity (Wildman–Crippen MR) is 164 cm³/mol. The third kappa shape index (κ3) is 4.68. The average molecular weight is 593 g/mol. The van der Waals surface area contributed by atoms with Gasteiger partial charge in [0, 0.05) is 5.56 Å². The number of nitrogens with one attached hydrogen (secondary N) is 4. The van der Waals surface area contributed by atoms with E-state index in [1.807, 2.05) is 0 Å². The van der Waals surface area contributed by atoms with Crippen molar-refractivity contribution >= 4 is 46.6 Å². The SMILES string of the molecule is Cc1c2c([nH]c(=O)c1C=C=Cc1c(C)c3c(=O)n(-c4ccc(C(=O)O)cc4)[nH]c3[nH]c1=O)NN(c1ccc(C(=O)O)cc1)C2. The third-order valence-electron chi connectivity index (χ3n) is 7.61. The summed E-state index contributed by atoms with van der Waals surface area (Å²) in [5.74, 6) is -1.59. The molecule has 0 spiro atoms. The monoisotopic (exact) mass is 592 g/mol. The van der Waals surface area contributed by atoms with Crippen molar-refractivity contribution in [2.75, 3.05) is 10.4 Å². The molecule has 0 unspecified atom stereocenters. The lowest BCUT2D eigenvalue weighted by Gasteiger charge is -2.18. The molecule has 0 saturated carbocycles. The van der Waals surface area contributed by atoms with Crippen LogP contribution in [0.1, 0.15) is 48.5 Å². The van der Waals surface area contributed by atoms with E-state index in [9.17, 15) is 24.0 Å². The minimum atomic E-state index is -1.09. The van der Waals surface area contributed by atoms with E-state index in [1.54, 1.807) is 31.0 Å². The molecular formula is C31H24N6O7. The molecular weight excluding hydrogens is 568 g/mol. The summed E-state index contributed by atoms with van der Waals surface area (Å²) in [6.07, 6.45) is 2.88. The molecule has 44 heavy (non-hydrogen) atoms. The van der Waals surface area contributed by atoms with Gasteiger partial charge >= 0.3 is 11.9 Å². The van der Waals surface area contributed by atoms with E-state index in [0.717, 1.165) is 11.3 Å². The Morgan fingerprint density at radius 2 is 1.34 bits per heavy atom. The van der Waals surface area contributed by atoms with Gasteiger partial charge in [0.1, 0.15) is 11.5 Å².